The highest BCUT2D eigenvalue weighted by molar-refractivity contribution is 7.14. The average molecular weight is 394 g/mol. The molecule has 2 heterocycles. The topological polar surface area (TPSA) is 65.5 Å². The molecule has 6 nitrogen and oxygen atoms in total. The van der Waals surface area contributed by atoms with Crippen LogP contribution in [-0.4, -0.2) is 59.8 Å². The van der Waals surface area contributed by atoms with Crippen molar-refractivity contribution in [2.45, 2.75) is 18.9 Å². The maximum Gasteiger partial charge on any atom is 0.273 e. The fourth-order valence-electron chi connectivity index (χ4n) is 3.03. The molecule has 144 valence electrons. The number of halogens is 2. The third-order valence-corrected chi connectivity index (χ3v) is 5.45. The quantitative estimate of drug-likeness (QED) is 0.866. The molecule has 0 aliphatic carbocycles. The fourth-order valence-corrected chi connectivity index (χ4v) is 3.71. The Morgan fingerprint density at radius 2 is 1.89 bits per heavy atom. The second kappa shape index (κ2) is 8.10. The highest BCUT2D eigenvalue weighted by atomic mass is 32.1. The summed E-state index contributed by atoms with van der Waals surface area (Å²) >= 11 is 1.03. The van der Waals surface area contributed by atoms with Gasteiger partial charge in [0.25, 0.3) is 11.8 Å². The summed E-state index contributed by atoms with van der Waals surface area (Å²) in [7, 11) is 3.79. The molecule has 27 heavy (non-hydrogen) atoms. The van der Waals surface area contributed by atoms with E-state index in [9.17, 15) is 18.4 Å². The Balaban J connectivity index is 1.67. The molecule has 0 radical (unpaired) electrons. The molecular formula is C18H20F2N4O2S. The maximum atomic E-state index is 13.7. The van der Waals surface area contributed by atoms with E-state index in [2.05, 4.69) is 15.2 Å². The van der Waals surface area contributed by atoms with Crippen molar-refractivity contribution in [3.05, 3.63) is 46.5 Å². The third kappa shape index (κ3) is 4.30. The summed E-state index contributed by atoms with van der Waals surface area (Å²) in [5.74, 6) is -3.09. The minimum Gasteiger partial charge on any atom is -0.337 e. The van der Waals surface area contributed by atoms with Gasteiger partial charge in [0, 0.05) is 18.5 Å². The number of likely N-dealkylation sites (tertiary alicyclic amines) is 1. The molecule has 1 aliphatic heterocycles. The van der Waals surface area contributed by atoms with E-state index in [4.69, 9.17) is 0 Å². The summed E-state index contributed by atoms with van der Waals surface area (Å²) in [5, 5.41) is 3.99. The van der Waals surface area contributed by atoms with Gasteiger partial charge in [-0.2, -0.15) is 0 Å². The zero-order valence-corrected chi connectivity index (χ0v) is 15.9. The molecule has 2 amide bonds. The first kappa shape index (κ1) is 19.4. The number of nitrogens with one attached hydrogen (secondary N) is 1. The van der Waals surface area contributed by atoms with Crippen molar-refractivity contribution >= 4 is 28.3 Å². The Labute approximate surface area is 159 Å². The van der Waals surface area contributed by atoms with E-state index in [1.165, 1.54) is 11.4 Å². The fraction of sp³-hybridized carbons (Fsp3) is 0.389. The first-order valence-corrected chi connectivity index (χ1v) is 9.41. The van der Waals surface area contributed by atoms with Gasteiger partial charge in [0.15, 0.2) is 5.13 Å². The van der Waals surface area contributed by atoms with E-state index in [1.54, 1.807) is 11.9 Å². The standard InChI is InChI=1S/C18H20F2N4O2S/c1-23-8-6-11(7-9-23)24(2)17(26)14-10-27-18(21-14)22-16(25)15-12(19)4-3-5-13(15)20/h3-5,10-11H,6-9H2,1-2H3,(H,21,22,25). The number of anilines is 1. The zero-order chi connectivity index (χ0) is 19.6. The molecule has 0 bridgehead atoms. The van der Waals surface area contributed by atoms with Gasteiger partial charge < -0.3 is 9.80 Å². The van der Waals surface area contributed by atoms with E-state index < -0.39 is 23.1 Å². The molecule has 0 atom stereocenters. The minimum absolute atomic E-state index is 0.114. The number of benzene rings is 1. The van der Waals surface area contributed by atoms with Gasteiger partial charge in [-0.15, -0.1) is 11.3 Å². The Hall–Kier alpha value is -2.39. The largest absolute Gasteiger partial charge is 0.337 e. The zero-order valence-electron chi connectivity index (χ0n) is 15.0. The van der Waals surface area contributed by atoms with Crippen LogP contribution in [0.25, 0.3) is 0 Å². The Morgan fingerprint density at radius 3 is 2.52 bits per heavy atom. The first-order chi connectivity index (χ1) is 12.9. The lowest BCUT2D eigenvalue weighted by Gasteiger charge is -2.34. The second-order valence-electron chi connectivity index (χ2n) is 6.54. The number of thiazole rings is 1. The number of hydrogen-bond donors (Lipinski definition) is 1. The molecule has 3 rings (SSSR count). The average Bonchev–Trinajstić information content (AvgIpc) is 3.09. The normalized spacial score (nSPS) is 15.6. The second-order valence-corrected chi connectivity index (χ2v) is 7.40. The molecule has 1 N–H and O–H groups in total. The van der Waals surface area contributed by atoms with Crippen LogP contribution in [0, 0.1) is 11.6 Å². The van der Waals surface area contributed by atoms with E-state index in [0.29, 0.717) is 0 Å². The summed E-state index contributed by atoms with van der Waals surface area (Å²) in [5.41, 5.74) is -0.477. The van der Waals surface area contributed by atoms with Crippen LogP contribution >= 0.6 is 11.3 Å². The van der Waals surface area contributed by atoms with Crippen LogP contribution in [0.1, 0.15) is 33.7 Å². The van der Waals surface area contributed by atoms with Crippen LogP contribution in [0.5, 0.6) is 0 Å². The van der Waals surface area contributed by atoms with Crippen molar-refractivity contribution in [3.63, 3.8) is 0 Å². The van der Waals surface area contributed by atoms with Gasteiger partial charge >= 0.3 is 0 Å². The van der Waals surface area contributed by atoms with Crippen molar-refractivity contribution in [2.24, 2.45) is 0 Å². The number of nitrogens with zero attached hydrogens (tertiary/aromatic N) is 3. The van der Waals surface area contributed by atoms with Crippen molar-refractivity contribution in [3.8, 4) is 0 Å². The third-order valence-electron chi connectivity index (χ3n) is 4.69. The molecular weight excluding hydrogens is 374 g/mol. The summed E-state index contributed by atoms with van der Waals surface area (Å²) in [6.45, 7) is 1.85. The van der Waals surface area contributed by atoms with Gasteiger partial charge in [0.2, 0.25) is 0 Å². The van der Waals surface area contributed by atoms with Crippen LogP contribution in [0.3, 0.4) is 0 Å². The molecule has 1 saturated heterocycles. The highest BCUT2D eigenvalue weighted by Crippen LogP contribution is 2.22. The van der Waals surface area contributed by atoms with E-state index in [-0.39, 0.29) is 22.8 Å². The number of carbonyl (C=O) groups is 2. The van der Waals surface area contributed by atoms with Crippen LogP contribution in [0.15, 0.2) is 23.6 Å². The number of aromatic nitrogens is 1. The molecule has 1 fully saturated rings. The van der Waals surface area contributed by atoms with Gasteiger partial charge in [-0.05, 0) is 45.1 Å². The number of amides is 2. The Bertz CT molecular complexity index is 829. The van der Waals surface area contributed by atoms with Crippen molar-refractivity contribution in [1.29, 1.82) is 0 Å². The van der Waals surface area contributed by atoms with Crippen LogP contribution < -0.4 is 5.32 Å². The van der Waals surface area contributed by atoms with Crippen molar-refractivity contribution in [1.82, 2.24) is 14.8 Å². The van der Waals surface area contributed by atoms with Gasteiger partial charge in [0.05, 0.1) is 0 Å². The molecule has 0 spiro atoms. The van der Waals surface area contributed by atoms with Gasteiger partial charge in [-0.1, -0.05) is 6.07 Å². The smallest absolute Gasteiger partial charge is 0.273 e. The van der Waals surface area contributed by atoms with E-state index >= 15 is 0 Å². The first-order valence-electron chi connectivity index (χ1n) is 8.53. The van der Waals surface area contributed by atoms with Crippen molar-refractivity contribution < 1.29 is 18.4 Å². The summed E-state index contributed by atoms with van der Waals surface area (Å²) in [4.78, 5) is 32.7. The predicted molar refractivity (Wildman–Crippen MR) is 99.0 cm³/mol. The lowest BCUT2D eigenvalue weighted by atomic mass is 10.0. The predicted octanol–water partition coefficient (Wildman–Crippen LogP) is 2.84. The number of hydrogen-bond acceptors (Lipinski definition) is 5. The SMILES string of the molecule is CN1CCC(N(C)C(=O)c2csc(NC(=O)c3c(F)cccc3F)n2)CC1. The molecule has 1 aromatic carbocycles. The summed E-state index contributed by atoms with van der Waals surface area (Å²) in [6, 6.07) is 3.33. The van der Waals surface area contributed by atoms with Crippen LogP contribution in [0.2, 0.25) is 0 Å². The Morgan fingerprint density at radius 1 is 1.26 bits per heavy atom. The number of carbonyl (C=O) groups excluding carboxylic acids is 2. The lowest BCUT2D eigenvalue weighted by molar-refractivity contribution is 0.0654. The van der Waals surface area contributed by atoms with Gasteiger partial charge in [0.1, 0.15) is 22.9 Å². The van der Waals surface area contributed by atoms with Crippen molar-refractivity contribution in [2.75, 3.05) is 32.5 Å². The Kier molecular flexibility index (Phi) is 5.81. The van der Waals surface area contributed by atoms with Crippen LogP contribution in [-0.2, 0) is 0 Å². The van der Waals surface area contributed by atoms with Gasteiger partial charge in [-0.3, -0.25) is 14.9 Å². The number of piperidine rings is 1. The molecule has 0 unspecified atom stereocenters. The molecule has 1 aliphatic rings. The van der Waals surface area contributed by atoms with E-state index in [1.807, 2.05) is 7.05 Å². The van der Waals surface area contributed by atoms with E-state index in [0.717, 1.165) is 49.4 Å². The number of rotatable bonds is 4. The molecule has 2 aromatic rings. The molecule has 9 heteroatoms. The molecule has 0 saturated carbocycles. The highest BCUT2D eigenvalue weighted by Gasteiger charge is 2.26. The maximum absolute atomic E-state index is 13.7. The summed E-state index contributed by atoms with van der Waals surface area (Å²) in [6.07, 6.45) is 1.78. The monoisotopic (exact) mass is 394 g/mol. The minimum atomic E-state index is -0.956. The lowest BCUT2D eigenvalue weighted by Crippen LogP contribution is -2.44. The van der Waals surface area contributed by atoms with Crippen LogP contribution in [0.4, 0.5) is 13.9 Å². The molecule has 1 aromatic heterocycles. The van der Waals surface area contributed by atoms with Gasteiger partial charge in [-0.25, -0.2) is 13.8 Å². The summed E-state index contributed by atoms with van der Waals surface area (Å²) < 4.78 is 27.4.